The van der Waals surface area contributed by atoms with Crippen molar-refractivity contribution < 1.29 is 35.9 Å². The lowest BCUT2D eigenvalue weighted by Gasteiger charge is -2.16. The van der Waals surface area contributed by atoms with E-state index in [-0.39, 0.29) is 0 Å². The van der Waals surface area contributed by atoms with E-state index in [0.29, 0.717) is 4.31 Å². The van der Waals surface area contributed by atoms with E-state index in [0.717, 1.165) is 19.2 Å². The summed E-state index contributed by atoms with van der Waals surface area (Å²) in [6.07, 6.45) is -5.80. The van der Waals surface area contributed by atoms with Crippen LogP contribution in [0.25, 0.3) is 0 Å². The Kier molecular flexibility index (Phi) is 4.25. The van der Waals surface area contributed by atoms with Gasteiger partial charge < -0.3 is 9.52 Å². The molecule has 10 heteroatoms. The number of halogens is 3. The summed E-state index contributed by atoms with van der Waals surface area (Å²) < 4.78 is 64.5. The minimum absolute atomic E-state index is 0.449. The first kappa shape index (κ1) is 15.5. The average molecular weight is 301 g/mol. The molecule has 0 saturated heterocycles. The van der Waals surface area contributed by atoms with Gasteiger partial charge in [0.2, 0.25) is 10.9 Å². The maximum absolute atomic E-state index is 12.0. The molecule has 0 fully saturated rings. The lowest BCUT2D eigenvalue weighted by molar-refractivity contribution is -0.135. The number of sulfonamides is 1. The van der Waals surface area contributed by atoms with Crippen molar-refractivity contribution in [3.05, 3.63) is 17.9 Å². The Morgan fingerprint density at radius 3 is 2.42 bits per heavy atom. The molecule has 1 aromatic rings. The molecular weight excluding hydrogens is 291 g/mol. The van der Waals surface area contributed by atoms with Crippen LogP contribution in [0.1, 0.15) is 17.0 Å². The number of furan rings is 1. The average Bonchev–Trinajstić information content (AvgIpc) is 2.74. The Morgan fingerprint density at radius 2 is 2.00 bits per heavy atom. The summed E-state index contributed by atoms with van der Waals surface area (Å²) in [6, 6.07) is 1.79. The van der Waals surface area contributed by atoms with E-state index in [1.807, 2.05) is 0 Å². The van der Waals surface area contributed by atoms with Crippen LogP contribution in [0.2, 0.25) is 0 Å². The highest BCUT2D eigenvalue weighted by Crippen LogP contribution is 2.22. The van der Waals surface area contributed by atoms with Crippen LogP contribution in [0.15, 0.2) is 21.6 Å². The highest BCUT2D eigenvalue weighted by Gasteiger charge is 2.32. The smallest absolute Gasteiger partial charge is 0.390 e. The van der Waals surface area contributed by atoms with Crippen molar-refractivity contribution in [2.75, 3.05) is 13.6 Å². The Balaban J connectivity index is 2.87. The highest BCUT2D eigenvalue weighted by molar-refractivity contribution is 7.89. The molecular formula is C9H10F3NO5S. The van der Waals surface area contributed by atoms with Crippen LogP contribution in [0.4, 0.5) is 13.2 Å². The summed E-state index contributed by atoms with van der Waals surface area (Å²) in [5.41, 5.74) is 0. The normalized spacial score (nSPS) is 12.9. The molecule has 1 heterocycles. The first-order chi connectivity index (χ1) is 8.54. The quantitative estimate of drug-likeness (QED) is 0.891. The van der Waals surface area contributed by atoms with Crippen molar-refractivity contribution >= 4 is 16.0 Å². The number of carboxylic acid groups (broad SMARTS) is 1. The van der Waals surface area contributed by atoms with Crippen LogP contribution in [0.5, 0.6) is 0 Å². The van der Waals surface area contributed by atoms with Gasteiger partial charge in [0.05, 0.1) is 6.42 Å². The van der Waals surface area contributed by atoms with Crippen LogP contribution in [-0.4, -0.2) is 43.6 Å². The molecule has 0 aliphatic carbocycles. The second kappa shape index (κ2) is 5.21. The molecule has 0 amide bonds. The zero-order valence-corrected chi connectivity index (χ0v) is 10.5. The van der Waals surface area contributed by atoms with Gasteiger partial charge in [-0.05, 0) is 12.1 Å². The number of hydrogen-bond acceptors (Lipinski definition) is 4. The molecule has 108 valence electrons. The van der Waals surface area contributed by atoms with E-state index in [4.69, 9.17) is 5.11 Å². The van der Waals surface area contributed by atoms with Gasteiger partial charge in [-0.15, -0.1) is 0 Å². The van der Waals surface area contributed by atoms with Gasteiger partial charge in [0.25, 0.3) is 10.0 Å². The SMILES string of the molecule is CN(CCC(F)(F)F)S(=O)(=O)c1ccc(C(=O)O)o1. The number of carboxylic acids is 1. The molecule has 0 unspecified atom stereocenters. The van der Waals surface area contributed by atoms with E-state index in [1.54, 1.807) is 0 Å². The first-order valence-electron chi connectivity index (χ1n) is 4.90. The number of hydrogen-bond donors (Lipinski definition) is 1. The Morgan fingerprint density at radius 1 is 1.42 bits per heavy atom. The van der Waals surface area contributed by atoms with Gasteiger partial charge >= 0.3 is 12.1 Å². The topological polar surface area (TPSA) is 87.8 Å². The molecule has 1 N–H and O–H groups in total. The van der Waals surface area contributed by atoms with E-state index < -0.39 is 46.0 Å². The van der Waals surface area contributed by atoms with Crippen molar-refractivity contribution in [3.63, 3.8) is 0 Å². The number of alkyl halides is 3. The molecule has 0 bridgehead atoms. The molecule has 6 nitrogen and oxygen atoms in total. The van der Waals surface area contributed by atoms with Crippen LogP contribution < -0.4 is 0 Å². The Bertz CT molecular complexity index is 563. The monoisotopic (exact) mass is 301 g/mol. The summed E-state index contributed by atoms with van der Waals surface area (Å²) in [5, 5.41) is 7.85. The zero-order chi connectivity index (χ0) is 14.8. The summed E-state index contributed by atoms with van der Waals surface area (Å²) in [5.74, 6) is -2.08. The third-order valence-corrected chi connectivity index (χ3v) is 3.90. The third-order valence-electron chi connectivity index (χ3n) is 2.17. The minimum Gasteiger partial charge on any atom is -0.475 e. The van der Waals surface area contributed by atoms with Crippen LogP contribution >= 0.6 is 0 Å². The fraction of sp³-hybridized carbons (Fsp3) is 0.444. The van der Waals surface area contributed by atoms with E-state index in [9.17, 15) is 26.4 Å². The van der Waals surface area contributed by atoms with E-state index in [1.165, 1.54) is 0 Å². The Hall–Kier alpha value is -1.55. The summed E-state index contributed by atoms with van der Waals surface area (Å²) in [6.45, 7) is -0.783. The van der Waals surface area contributed by atoms with Crippen LogP contribution in [-0.2, 0) is 10.0 Å². The Labute approximate surface area is 106 Å². The molecule has 0 spiro atoms. The standard InChI is InChI=1S/C9H10F3NO5S/c1-13(5-4-9(10,11)12)19(16,17)7-3-2-6(18-7)8(14)15/h2-3H,4-5H2,1H3,(H,14,15). The van der Waals surface area contributed by atoms with E-state index in [2.05, 4.69) is 4.42 Å². The molecule has 0 aliphatic heterocycles. The minimum atomic E-state index is -4.49. The fourth-order valence-electron chi connectivity index (χ4n) is 1.13. The molecule has 1 rings (SSSR count). The molecule has 0 saturated carbocycles. The predicted molar refractivity (Wildman–Crippen MR) is 56.2 cm³/mol. The molecule has 0 radical (unpaired) electrons. The highest BCUT2D eigenvalue weighted by atomic mass is 32.2. The van der Waals surface area contributed by atoms with E-state index >= 15 is 0 Å². The summed E-state index contributed by atoms with van der Waals surface area (Å²) in [7, 11) is -3.32. The van der Waals surface area contributed by atoms with Gasteiger partial charge in [0.15, 0.2) is 0 Å². The lowest BCUT2D eigenvalue weighted by Crippen LogP contribution is -2.30. The van der Waals surface area contributed by atoms with Crippen LogP contribution in [0, 0.1) is 0 Å². The maximum atomic E-state index is 12.0. The van der Waals surface area contributed by atoms with Gasteiger partial charge in [-0.2, -0.15) is 17.5 Å². The van der Waals surface area contributed by atoms with Crippen LogP contribution in [0.3, 0.4) is 0 Å². The molecule has 1 aromatic heterocycles. The van der Waals surface area contributed by atoms with Gasteiger partial charge in [-0.3, -0.25) is 0 Å². The number of nitrogens with zero attached hydrogens (tertiary/aromatic N) is 1. The van der Waals surface area contributed by atoms with Crippen molar-refractivity contribution in [2.45, 2.75) is 17.7 Å². The second-order valence-corrected chi connectivity index (χ2v) is 5.59. The largest absolute Gasteiger partial charge is 0.475 e. The van der Waals surface area contributed by atoms with Crippen molar-refractivity contribution in [1.29, 1.82) is 0 Å². The molecule has 19 heavy (non-hydrogen) atoms. The van der Waals surface area contributed by atoms with Gasteiger partial charge in [0.1, 0.15) is 0 Å². The first-order valence-corrected chi connectivity index (χ1v) is 6.34. The summed E-state index contributed by atoms with van der Waals surface area (Å²) in [4.78, 5) is 10.5. The van der Waals surface area contributed by atoms with Crippen molar-refractivity contribution in [2.24, 2.45) is 0 Å². The number of aromatic carboxylic acids is 1. The number of rotatable bonds is 5. The van der Waals surface area contributed by atoms with Gasteiger partial charge in [-0.1, -0.05) is 0 Å². The zero-order valence-electron chi connectivity index (χ0n) is 9.64. The van der Waals surface area contributed by atoms with Crippen molar-refractivity contribution in [1.82, 2.24) is 4.31 Å². The number of carbonyl (C=O) groups is 1. The lowest BCUT2D eigenvalue weighted by atomic mass is 10.4. The predicted octanol–water partition coefficient (Wildman–Crippen LogP) is 1.55. The summed E-state index contributed by atoms with van der Waals surface area (Å²) >= 11 is 0. The third kappa shape index (κ3) is 3.96. The fourth-order valence-corrected chi connectivity index (χ4v) is 2.21. The maximum Gasteiger partial charge on any atom is 0.390 e. The van der Waals surface area contributed by atoms with Gasteiger partial charge in [0, 0.05) is 13.6 Å². The van der Waals surface area contributed by atoms with Crippen molar-refractivity contribution in [3.8, 4) is 0 Å². The second-order valence-electron chi connectivity index (χ2n) is 3.62. The van der Waals surface area contributed by atoms with Gasteiger partial charge in [-0.25, -0.2) is 13.2 Å². The molecule has 0 aliphatic rings. The molecule has 0 atom stereocenters. The molecule has 0 aromatic carbocycles.